The molecule has 0 saturated heterocycles. The highest BCUT2D eigenvalue weighted by Crippen LogP contribution is 2.37. The minimum Gasteiger partial charge on any atom is -0.401 e. The number of fused-ring (bicyclic) bond motifs is 1. The van der Waals surface area contributed by atoms with Crippen LogP contribution in [-0.2, 0) is 0 Å². The average Bonchev–Trinajstić information content (AvgIpc) is 2.91. The van der Waals surface area contributed by atoms with Gasteiger partial charge in [0.25, 0.3) is 0 Å². The number of hydrogen-bond donors (Lipinski definition) is 3. The predicted octanol–water partition coefficient (Wildman–Crippen LogP) is 4.48. The summed E-state index contributed by atoms with van der Waals surface area (Å²) in [7, 11) is 0. The molecule has 0 amide bonds. The zero-order valence-corrected chi connectivity index (χ0v) is 19.0. The Morgan fingerprint density at radius 2 is 1.90 bits per heavy atom. The van der Waals surface area contributed by atoms with Crippen molar-refractivity contribution in [2.75, 3.05) is 31.5 Å². The van der Waals surface area contributed by atoms with Crippen molar-refractivity contribution < 1.29 is 0 Å². The van der Waals surface area contributed by atoms with E-state index in [0.29, 0.717) is 0 Å². The van der Waals surface area contributed by atoms with Crippen LogP contribution < -0.4 is 16.9 Å². The molecule has 2 aliphatic rings. The number of rotatable bonds is 4. The van der Waals surface area contributed by atoms with Crippen molar-refractivity contribution in [2.45, 2.75) is 39.7 Å². The molecule has 0 spiro atoms. The quantitative estimate of drug-likeness (QED) is 0.640. The Morgan fingerprint density at radius 1 is 1.13 bits per heavy atom. The fourth-order valence-electron chi connectivity index (χ4n) is 4.66. The molecule has 0 fully saturated rings. The van der Waals surface area contributed by atoms with Crippen LogP contribution in [0.4, 0.5) is 5.69 Å². The van der Waals surface area contributed by atoms with E-state index >= 15 is 0 Å². The molecule has 1 unspecified atom stereocenters. The molecule has 0 saturated carbocycles. The number of aryl methyl sites for hydroxylation is 1. The van der Waals surface area contributed by atoms with Gasteiger partial charge in [-0.1, -0.05) is 42.8 Å². The SMILES string of the molecule is CCN1CC=C(c2ccc3c(c2)C(Nc2ccc(C)cc2)CCN(N)/C3=C(/C)N)CC1. The molecule has 1 atom stereocenters. The van der Waals surface area contributed by atoms with Crippen LogP contribution in [0.1, 0.15) is 55.0 Å². The number of nitrogens with one attached hydrogen (secondary N) is 1. The van der Waals surface area contributed by atoms with Crippen molar-refractivity contribution in [2.24, 2.45) is 11.6 Å². The third-order valence-corrected chi connectivity index (χ3v) is 6.51. The maximum atomic E-state index is 6.43. The van der Waals surface area contributed by atoms with Crippen molar-refractivity contribution in [3.05, 3.63) is 76.5 Å². The van der Waals surface area contributed by atoms with Crippen LogP contribution in [0.3, 0.4) is 0 Å². The van der Waals surface area contributed by atoms with Gasteiger partial charge >= 0.3 is 0 Å². The number of benzene rings is 2. The molecule has 0 radical (unpaired) electrons. The Balaban J connectivity index is 1.75. The van der Waals surface area contributed by atoms with Gasteiger partial charge in [0.15, 0.2) is 0 Å². The van der Waals surface area contributed by atoms with Crippen LogP contribution in [-0.4, -0.2) is 36.1 Å². The molecule has 0 bridgehead atoms. The van der Waals surface area contributed by atoms with Gasteiger partial charge in [-0.3, -0.25) is 4.90 Å². The summed E-state index contributed by atoms with van der Waals surface area (Å²) in [4.78, 5) is 2.47. The highest BCUT2D eigenvalue weighted by atomic mass is 15.4. The molecule has 2 aromatic rings. The second-order valence-corrected chi connectivity index (χ2v) is 8.75. The van der Waals surface area contributed by atoms with Crippen molar-refractivity contribution in [1.29, 1.82) is 0 Å². The third-order valence-electron chi connectivity index (χ3n) is 6.51. The number of hydrogen-bond acceptors (Lipinski definition) is 5. The molecule has 2 heterocycles. The van der Waals surface area contributed by atoms with E-state index in [0.717, 1.165) is 61.7 Å². The highest BCUT2D eigenvalue weighted by molar-refractivity contribution is 5.75. The Morgan fingerprint density at radius 3 is 2.55 bits per heavy atom. The number of anilines is 1. The first-order chi connectivity index (χ1) is 15.0. The van der Waals surface area contributed by atoms with Crippen molar-refractivity contribution in [3.63, 3.8) is 0 Å². The lowest BCUT2D eigenvalue weighted by atomic mass is 9.90. The first kappa shape index (κ1) is 21.5. The number of likely N-dealkylation sites (N-methyl/N-ethyl adjacent to an activating group) is 1. The molecule has 0 aromatic heterocycles. The summed E-state index contributed by atoms with van der Waals surface area (Å²) >= 11 is 0. The summed E-state index contributed by atoms with van der Waals surface area (Å²) in [5, 5.41) is 5.57. The second kappa shape index (κ2) is 9.16. The summed E-state index contributed by atoms with van der Waals surface area (Å²) < 4.78 is 0. The van der Waals surface area contributed by atoms with E-state index in [9.17, 15) is 0 Å². The average molecular weight is 418 g/mol. The molecule has 2 aliphatic heterocycles. The highest BCUT2D eigenvalue weighted by Gasteiger charge is 2.26. The van der Waals surface area contributed by atoms with E-state index in [1.807, 2.05) is 11.9 Å². The minimum absolute atomic E-state index is 0.164. The van der Waals surface area contributed by atoms with E-state index < -0.39 is 0 Å². The van der Waals surface area contributed by atoms with E-state index in [1.54, 1.807) is 0 Å². The molecule has 31 heavy (non-hydrogen) atoms. The Kier molecular flexibility index (Phi) is 6.35. The summed E-state index contributed by atoms with van der Waals surface area (Å²) in [6.45, 7) is 10.3. The molecule has 2 aromatic carbocycles. The van der Waals surface area contributed by atoms with Crippen molar-refractivity contribution in [1.82, 2.24) is 9.91 Å². The second-order valence-electron chi connectivity index (χ2n) is 8.75. The fourth-order valence-corrected chi connectivity index (χ4v) is 4.66. The fraction of sp³-hybridized carbons (Fsp3) is 0.385. The Labute approximate surface area is 186 Å². The summed E-state index contributed by atoms with van der Waals surface area (Å²) in [5.74, 6) is 6.43. The molecule has 4 rings (SSSR count). The van der Waals surface area contributed by atoms with Gasteiger partial charge in [0.2, 0.25) is 0 Å². The standard InChI is InChI=1S/C26H35N5/c1-4-30-14-11-20(12-15-30)21-7-10-23-24(17-21)25(13-16-31(28)26(23)19(3)27)29-22-8-5-18(2)6-9-22/h5-11,17,25,29H,4,12-16,27-28H2,1-3H3/b26-19-. The lowest BCUT2D eigenvalue weighted by Crippen LogP contribution is -2.31. The molecule has 0 aliphatic carbocycles. The zero-order valence-electron chi connectivity index (χ0n) is 19.0. The maximum Gasteiger partial charge on any atom is 0.0777 e. The van der Waals surface area contributed by atoms with Crippen molar-refractivity contribution in [3.8, 4) is 0 Å². The first-order valence-electron chi connectivity index (χ1n) is 11.3. The van der Waals surface area contributed by atoms with Gasteiger partial charge in [-0.25, -0.2) is 5.84 Å². The van der Waals surface area contributed by atoms with Gasteiger partial charge in [0, 0.05) is 36.6 Å². The van der Waals surface area contributed by atoms with Gasteiger partial charge in [-0.15, -0.1) is 0 Å². The van der Waals surface area contributed by atoms with Gasteiger partial charge in [-0.05, 0) is 68.1 Å². The zero-order chi connectivity index (χ0) is 22.0. The molecule has 5 nitrogen and oxygen atoms in total. The summed E-state index contributed by atoms with van der Waals surface area (Å²) in [5.41, 5.74) is 15.5. The largest absolute Gasteiger partial charge is 0.401 e. The van der Waals surface area contributed by atoms with Crippen molar-refractivity contribution >= 4 is 17.0 Å². The van der Waals surface area contributed by atoms with Crippen LogP contribution in [0.5, 0.6) is 0 Å². The van der Waals surface area contributed by atoms with Crippen LogP contribution in [0.25, 0.3) is 11.3 Å². The van der Waals surface area contributed by atoms with Crippen LogP contribution in [0, 0.1) is 6.92 Å². The maximum absolute atomic E-state index is 6.43. The number of hydrazine groups is 1. The van der Waals surface area contributed by atoms with Gasteiger partial charge in [0.1, 0.15) is 0 Å². The Hall–Kier alpha value is -2.76. The number of allylic oxidation sites excluding steroid dienone is 1. The number of nitrogens with two attached hydrogens (primary N) is 2. The van der Waals surface area contributed by atoms with Gasteiger partial charge in [0.05, 0.1) is 11.7 Å². The molecular formula is C26H35N5. The summed E-state index contributed by atoms with van der Waals surface area (Å²) in [6, 6.07) is 15.6. The lowest BCUT2D eigenvalue weighted by molar-refractivity contribution is 0.319. The monoisotopic (exact) mass is 417 g/mol. The summed E-state index contributed by atoms with van der Waals surface area (Å²) in [6.07, 6.45) is 4.37. The smallest absolute Gasteiger partial charge is 0.0777 e. The Bertz CT molecular complexity index is 985. The predicted molar refractivity (Wildman–Crippen MR) is 131 cm³/mol. The van der Waals surface area contributed by atoms with E-state index in [1.165, 1.54) is 22.3 Å². The molecule has 164 valence electrons. The normalized spacial score (nSPS) is 21.2. The number of nitrogens with zero attached hydrogens (tertiary/aromatic N) is 2. The van der Waals surface area contributed by atoms with Crippen LogP contribution in [0.15, 0.2) is 54.2 Å². The topological polar surface area (TPSA) is 70.5 Å². The van der Waals surface area contributed by atoms with E-state index in [-0.39, 0.29) is 6.04 Å². The third kappa shape index (κ3) is 4.63. The molecule has 5 heteroatoms. The van der Waals surface area contributed by atoms with Crippen LogP contribution in [0.2, 0.25) is 0 Å². The molecular weight excluding hydrogens is 382 g/mol. The van der Waals surface area contributed by atoms with E-state index in [2.05, 4.69) is 72.6 Å². The molecule has 5 N–H and O–H groups in total. The van der Waals surface area contributed by atoms with Gasteiger partial charge < -0.3 is 16.1 Å². The van der Waals surface area contributed by atoms with Crippen LogP contribution >= 0.6 is 0 Å². The van der Waals surface area contributed by atoms with Gasteiger partial charge in [-0.2, -0.15) is 0 Å². The first-order valence-corrected chi connectivity index (χ1v) is 11.3. The lowest BCUT2D eigenvalue weighted by Gasteiger charge is -2.26. The van der Waals surface area contributed by atoms with E-state index in [4.69, 9.17) is 11.6 Å². The minimum atomic E-state index is 0.164.